The van der Waals surface area contributed by atoms with Gasteiger partial charge in [-0.25, -0.2) is 4.79 Å². The predicted octanol–water partition coefficient (Wildman–Crippen LogP) is 2.42. The van der Waals surface area contributed by atoms with Crippen LogP contribution in [0.4, 0.5) is 0 Å². The van der Waals surface area contributed by atoms with E-state index in [9.17, 15) is 9.90 Å². The lowest BCUT2D eigenvalue weighted by Gasteiger charge is -2.19. The number of ether oxygens (including phenoxy) is 3. The van der Waals surface area contributed by atoms with Crippen molar-refractivity contribution in [2.75, 3.05) is 20.8 Å². The zero-order valence-corrected chi connectivity index (χ0v) is 12.6. The Morgan fingerprint density at radius 1 is 1.15 bits per heavy atom. The summed E-state index contributed by atoms with van der Waals surface area (Å²) < 4.78 is 15.4. The molecule has 1 aromatic carbocycles. The Morgan fingerprint density at radius 2 is 1.65 bits per heavy atom. The van der Waals surface area contributed by atoms with Gasteiger partial charge in [-0.2, -0.15) is 0 Å². The van der Waals surface area contributed by atoms with E-state index in [-0.39, 0.29) is 12.5 Å². The van der Waals surface area contributed by atoms with Crippen molar-refractivity contribution in [1.82, 2.24) is 0 Å². The van der Waals surface area contributed by atoms with Gasteiger partial charge >= 0.3 is 5.97 Å². The molecule has 0 aliphatic carbocycles. The topological polar surface area (TPSA) is 65.0 Å². The molecule has 0 radical (unpaired) electrons. The monoisotopic (exact) mass is 282 g/mol. The van der Waals surface area contributed by atoms with Crippen molar-refractivity contribution in [1.29, 1.82) is 0 Å². The Bertz CT molecular complexity index is 468. The van der Waals surface area contributed by atoms with Gasteiger partial charge in [-0.1, -0.05) is 13.8 Å². The van der Waals surface area contributed by atoms with Crippen LogP contribution in [-0.4, -0.2) is 31.9 Å². The third-order valence-electron chi connectivity index (χ3n) is 3.01. The zero-order valence-electron chi connectivity index (χ0n) is 12.6. The van der Waals surface area contributed by atoms with E-state index in [1.54, 1.807) is 26.2 Å². The lowest BCUT2D eigenvalue weighted by Crippen LogP contribution is -2.16. The van der Waals surface area contributed by atoms with Gasteiger partial charge in [0.05, 0.1) is 20.8 Å². The number of carbonyl (C=O) groups is 1. The van der Waals surface area contributed by atoms with E-state index >= 15 is 0 Å². The van der Waals surface area contributed by atoms with E-state index in [1.165, 1.54) is 7.11 Å². The number of hydrogen-bond donors (Lipinski definition) is 1. The molecule has 0 heterocycles. The van der Waals surface area contributed by atoms with Crippen LogP contribution in [0.15, 0.2) is 12.1 Å². The maximum atomic E-state index is 11.7. The van der Waals surface area contributed by atoms with Gasteiger partial charge in [0, 0.05) is 11.1 Å². The van der Waals surface area contributed by atoms with Crippen LogP contribution in [0.1, 0.15) is 43.9 Å². The molecule has 1 aromatic rings. The number of hydrogen-bond acceptors (Lipinski definition) is 5. The van der Waals surface area contributed by atoms with Gasteiger partial charge in [0.25, 0.3) is 0 Å². The molecule has 1 N–H and O–H groups in total. The Morgan fingerprint density at radius 3 is 2.10 bits per heavy atom. The molecule has 0 aliphatic rings. The fourth-order valence-electron chi connectivity index (χ4n) is 1.96. The molecule has 0 spiro atoms. The maximum absolute atomic E-state index is 11.7. The van der Waals surface area contributed by atoms with Crippen molar-refractivity contribution < 1.29 is 24.1 Å². The Labute approximate surface area is 119 Å². The quantitative estimate of drug-likeness (QED) is 0.812. The van der Waals surface area contributed by atoms with Crippen LogP contribution in [0.25, 0.3) is 0 Å². The fourth-order valence-corrected chi connectivity index (χ4v) is 1.96. The first-order valence-corrected chi connectivity index (χ1v) is 6.56. The number of aliphatic hydroxyl groups is 1. The van der Waals surface area contributed by atoms with E-state index in [0.717, 1.165) is 5.56 Å². The summed E-state index contributed by atoms with van der Waals surface area (Å²) in [5, 5.41) is 10.1. The molecule has 1 rings (SSSR count). The molecule has 0 amide bonds. The number of benzene rings is 1. The molecule has 0 aliphatic heterocycles. The maximum Gasteiger partial charge on any atom is 0.339 e. The highest BCUT2D eigenvalue weighted by Gasteiger charge is 2.25. The van der Waals surface area contributed by atoms with Gasteiger partial charge in [-0.3, -0.25) is 0 Å². The summed E-state index contributed by atoms with van der Waals surface area (Å²) in [6.07, 6.45) is -1.39. The van der Waals surface area contributed by atoms with Crippen LogP contribution in [0, 0.1) is 0 Å². The Kier molecular flexibility index (Phi) is 5.82. The van der Waals surface area contributed by atoms with E-state index in [1.807, 2.05) is 13.8 Å². The summed E-state index contributed by atoms with van der Waals surface area (Å²) in [6, 6.07) is 3.40. The second-order valence-electron chi connectivity index (χ2n) is 4.65. The molecule has 5 heteroatoms. The third kappa shape index (κ3) is 3.42. The van der Waals surface area contributed by atoms with Crippen LogP contribution in [-0.2, 0) is 9.53 Å². The Hall–Kier alpha value is -1.75. The van der Waals surface area contributed by atoms with E-state index < -0.39 is 12.1 Å². The lowest BCUT2D eigenvalue weighted by atomic mass is 9.97. The number of rotatable bonds is 6. The minimum atomic E-state index is -1.39. The summed E-state index contributed by atoms with van der Waals surface area (Å²) in [7, 11) is 3.04. The van der Waals surface area contributed by atoms with Gasteiger partial charge in [0.15, 0.2) is 6.10 Å². The molecule has 0 saturated carbocycles. The van der Waals surface area contributed by atoms with Gasteiger partial charge in [-0.15, -0.1) is 0 Å². The van der Waals surface area contributed by atoms with Crippen LogP contribution in [0.3, 0.4) is 0 Å². The van der Waals surface area contributed by atoms with Crippen LogP contribution >= 0.6 is 0 Å². The van der Waals surface area contributed by atoms with E-state index in [4.69, 9.17) is 14.2 Å². The zero-order chi connectivity index (χ0) is 15.3. The van der Waals surface area contributed by atoms with Crippen molar-refractivity contribution in [3.8, 4) is 11.5 Å². The highest BCUT2D eigenvalue weighted by molar-refractivity contribution is 5.77. The summed E-state index contributed by atoms with van der Waals surface area (Å²) >= 11 is 0. The minimum Gasteiger partial charge on any atom is -0.496 e. The second kappa shape index (κ2) is 7.14. The second-order valence-corrected chi connectivity index (χ2v) is 4.65. The highest BCUT2D eigenvalue weighted by atomic mass is 16.5. The smallest absolute Gasteiger partial charge is 0.339 e. The first-order chi connectivity index (χ1) is 9.46. The summed E-state index contributed by atoms with van der Waals surface area (Å²) in [6.45, 7) is 5.95. The van der Waals surface area contributed by atoms with Gasteiger partial charge < -0.3 is 19.3 Å². The highest BCUT2D eigenvalue weighted by Crippen LogP contribution is 2.36. The third-order valence-corrected chi connectivity index (χ3v) is 3.01. The molecule has 0 aromatic heterocycles. The summed E-state index contributed by atoms with van der Waals surface area (Å²) in [5.74, 6) is 0.576. The van der Waals surface area contributed by atoms with Crippen LogP contribution < -0.4 is 9.47 Å². The van der Waals surface area contributed by atoms with Crippen molar-refractivity contribution in [3.63, 3.8) is 0 Å². The molecule has 112 valence electrons. The molecule has 1 unspecified atom stereocenters. The first kappa shape index (κ1) is 16.3. The molecule has 0 bridgehead atoms. The van der Waals surface area contributed by atoms with E-state index in [0.29, 0.717) is 17.1 Å². The molecule has 1 atom stereocenters. The fraction of sp³-hybridized carbons (Fsp3) is 0.533. The SMILES string of the molecule is CCOC(=O)C(O)c1cc(OC)c(C(C)C)cc1OC. The summed E-state index contributed by atoms with van der Waals surface area (Å²) in [4.78, 5) is 11.7. The van der Waals surface area contributed by atoms with Crippen molar-refractivity contribution >= 4 is 5.97 Å². The van der Waals surface area contributed by atoms with Crippen LogP contribution in [0.2, 0.25) is 0 Å². The average Bonchev–Trinajstić information content (AvgIpc) is 2.44. The molecular weight excluding hydrogens is 260 g/mol. The van der Waals surface area contributed by atoms with Gasteiger partial charge in [-0.05, 0) is 25.0 Å². The Balaban J connectivity index is 3.28. The largest absolute Gasteiger partial charge is 0.496 e. The normalized spacial score (nSPS) is 12.2. The predicted molar refractivity (Wildman–Crippen MR) is 75.2 cm³/mol. The number of esters is 1. The molecule has 5 nitrogen and oxygen atoms in total. The minimum absolute atomic E-state index is 0.208. The molecule has 0 fully saturated rings. The number of carbonyl (C=O) groups excluding carboxylic acids is 1. The van der Waals surface area contributed by atoms with Gasteiger partial charge in [0.1, 0.15) is 11.5 Å². The number of aliphatic hydroxyl groups excluding tert-OH is 1. The summed E-state index contributed by atoms with van der Waals surface area (Å²) in [5.41, 5.74) is 1.29. The molecule has 0 saturated heterocycles. The van der Waals surface area contributed by atoms with E-state index in [2.05, 4.69) is 0 Å². The lowest BCUT2D eigenvalue weighted by molar-refractivity contribution is -0.153. The number of methoxy groups -OCH3 is 2. The van der Waals surface area contributed by atoms with Crippen LogP contribution in [0.5, 0.6) is 11.5 Å². The first-order valence-electron chi connectivity index (χ1n) is 6.56. The standard InChI is InChI=1S/C15H22O5/c1-6-20-15(17)14(16)11-8-12(18-4)10(9(2)3)7-13(11)19-5/h7-9,14,16H,6H2,1-5H3. The van der Waals surface area contributed by atoms with Crippen molar-refractivity contribution in [2.24, 2.45) is 0 Å². The average molecular weight is 282 g/mol. The molecular formula is C15H22O5. The molecule has 20 heavy (non-hydrogen) atoms. The van der Waals surface area contributed by atoms with Gasteiger partial charge in [0.2, 0.25) is 0 Å². The van der Waals surface area contributed by atoms with Crippen molar-refractivity contribution in [3.05, 3.63) is 23.3 Å². The van der Waals surface area contributed by atoms with Crippen molar-refractivity contribution in [2.45, 2.75) is 32.8 Å².